The molecule has 2 aromatic rings. The number of alkyl halides is 3. The minimum Gasteiger partial charge on any atom is -0.267 e. The molecule has 0 unspecified atom stereocenters. The Kier molecular flexibility index (Phi) is 5.95. The summed E-state index contributed by atoms with van der Waals surface area (Å²) >= 11 is 0. The van der Waals surface area contributed by atoms with Gasteiger partial charge in [-0.05, 0) is 44.2 Å². The van der Waals surface area contributed by atoms with Gasteiger partial charge in [0.05, 0.1) is 6.54 Å². The molecule has 0 saturated carbocycles. The number of nitrogens with zero attached hydrogens (tertiary/aromatic N) is 2. The van der Waals surface area contributed by atoms with E-state index in [-0.39, 0.29) is 18.7 Å². The fourth-order valence-electron chi connectivity index (χ4n) is 3.27. The zero-order valence-corrected chi connectivity index (χ0v) is 16.3. The van der Waals surface area contributed by atoms with Crippen molar-refractivity contribution in [3.8, 4) is 0 Å². The van der Waals surface area contributed by atoms with E-state index in [0.717, 1.165) is 23.0 Å². The van der Waals surface area contributed by atoms with Gasteiger partial charge in [0, 0.05) is 23.2 Å². The lowest BCUT2D eigenvalue weighted by molar-refractivity contribution is -0.142. The van der Waals surface area contributed by atoms with Gasteiger partial charge < -0.3 is 0 Å². The number of aryl methyl sites for hydroxylation is 1. The Morgan fingerprint density at radius 3 is 2.54 bits per heavy atom. The largest absolute Gasteiger partial charge is 0.435 e. The quantitative estimate of drug-likeness (QED) is 0.786. The summed E-state index contributed by atoms with van der Waals surface area (Å²) in [5.74, 6) is 0. The first-order valence-electron chi connectivity index (χ1n) is 9.06. The van der Waals surface area contributed by atoms with Gasteiger partial charge in [-0.2, -0.15) is 18.3 Å². The molecule has 1 aromatic carbocycles. The van der Waals surface area contributed by atoms with Crippen molar-refractivity contribution >= 4 is 16.1 Å². The van der Waals surface area contributed by atoms with Gasteiger partial charge in [0.2, 0.25) is 10.0 Å². The molecule has 152 valence electrons. The van der Waals surface area contributed by atoms with Gasteiger partial charge in [-0.1, -0.05) is 29.8 Å². The van der Waals surface area contributed by atoms with Gasteiger partial charge in [0.15, 0.2) is 5.69 Å². The van der Waals surface area contributed by atoms with Crippen molar-refractivity contribution < 1.29 is 21.6 Å². The molecule has 1 aromatic heterocycles. The molecule has 0 fully saturated rings. The van der Waals surface area contributed by atoms with Crippen molar-refractivity contribution in [1.82, 2.24) is 14.5 Å². The molecule has 1 aliphatic rings. The van der Waals surface area contributed by atoms with E-state index in [4.69, 9.17) is 0 Å². The highest BCUT2D eigenvalue weighted by Crippen LogP contribution is 2.35. The maximum atomic E-state index is 13.2. The Bertz CT molecular complexity index is 962. The lowest BCUT2D eigenvalue weighted by atomic mass is 9.95. The van der Waals surface area contributed by atoms with E-state index in [1.54, 1.807) is 12.1 Å². The van der Waals surface area contributed by atoms with Crippen molar-refractivity contribution in [2.75, 3.05) is 6.54 Å². The number of hydrogen-bond donors (Lipinski definition) is 1. The van der Waals surface area contributed by atoms with Gasteiger partial charge >= 0.3 is 6.18 Å². The third kappa shape index (κ3) is 5.02. The van der Waals surface area contributed by atoms with Crippen LogP contribution in [-0.4, -0.2) is 24.7 Å². The number of benzene rings is 1. The van der Waals surface area contributed by atoms with Crippen LogP contribution in [0.2, 0.25) is 0 Å². The second-order valence-corrected chi connectivity index (χ2v) is 8.51. The molecule has 0 aliphatic heterocycles. The van der Waals surface area contributed by atoms with Crippen molar-refractivity contribution in [3.05, 3.63) is 57.8 Å². The van der Waals surface area contributed by atoms with Gasteiger partial charge in [-0.3, -0.25) is 4.68 Å². The highest BCUT2D eigenvalue weighted by molar-refractivity contribution is 7.92. The average molecular weight is 413 g/mol. The highest BCUT2D eigenvalue weighted by Gasteiger charge is 2.39. The first-order valence-corrected chi connectivity index (χ1v) is 10.6. The third-order valence-electron chi connectivity index (χ3n) is 4.67. The fourth-order valence-corrected chi connectivity index (χ4v) is 4.08. The van der Waals surface area contributed by atoms with Gasteiger partial charge in [-0.15, -0.1) is 0 Å². The summed E-state index contributed by atoms with van der Waals surface area (Å²) in [5.41, 5.74) is 1.78. The second kappa shape index (κ2) is 8.08. The summed E-state index contributed by atoms with van der Waals surface area (Å²) in [6.07, 6.45) is -0.630. The highest BCUT2D eigenvalue weighted by atomic mass is 32.2. The minimum absolute atomic E-state index is 0.0357. The van der Waals surface area contributed by atoms with E-state index in [9.17, 15) is 21.6 Å². The van der Waals surface area contributed by atoms with Crippen LogP contribution in [-0.2, 0) is 35.6 Å². The smallest absolute Gasteiger partial charge is 0.267 e. The van der Waals surface area contributed by atoms with Crippen LogP contribution in [0.4, 0.5) is 13.2 Å². The van der Waals surface area contributed by atoms with E-state index in [1.807, 2.05) is 19.1 Å². The zero-order valence-electron chi connectivity index (χ0n) is 15.5. The van der Waals surface area contributed by atoms with E-state index in [1.165, 1.54) is 10.8 Å². The normalized spacial score (nSPS) is 15.1. The van der Waals surface area contributed by atoms with Crippen molar-refractivity contribution in [2.45, 2.75) is 45.3 Å². The Balaban J connectivity index is 1.66. The lowest BCUT2D eigenvalue weighted by Crippen LogP contribution is -2.26. The van der Waals surface area contributed by atoms with Gasteiger partial charge in [-0.25, -0.2) is 13.1 Å². The maximum absolute atomic E-state index is 13.2. The molecular weight excluding hydrogens is 391 g/mol. The molecule has 1 N–H and O–H groups in total. The molecule has 0 spiro atoms. The van der Waals surface area contributed by atoms with Crippen LogP contribution in [0.3, 0.4) is 0 Å². The first-order chi connectivity index (χ1) is 13.2. The number of aromatic nitrogens is 2. The molecule has 5 nitrogen and oxygen atoms in total. The van der Waals surface area contributed by atoms with E-state index < -0.39 is 21.9 Å². The number of nitrogens with one attached hydrogen (secondary N) is 1. The van der Waals surface area contributed by atoms with E-state index >= 15 is 0 Å². The van der Waals surface area contributed by atoms with Crippen LogP contribution in [0.1, 0.15) is 40.9 Å². The Morgan fingerprint density at radius 2 is 1.86 bits per heavy atom. The fraction of sp³-hybridized carbons (Fsp3) is 0.421. The number of sulfonamides is 1. The summed E-state index contributed by atoms with van der Waals surface area (Å²) < 4.78 is 67.5. The molecule has 3 rings (SSSR count). The van der Waals surface area contributed by atoms with Gasteiger partial charge in [0.25, 0.3) is 0 Å². The van der Waals surface area contributed by atoms with Crippen LogP contribution < -0.4 is 4.72 Å². The summed E-state index contributed by atoms with van der Waals surface area (Å²) in [6, 6.07) is 7.35. The zero-order chi connectivity index (χ0) is 20.4. The molecular formula is C19H22F3N3O2S. The molecule has 1 heterocycles. The van der Waals surface area contributed by atoms with Crippen LogP contribution in [0.15, 0.2) is 29.7 Å². The number of hydrogen-bond acceptors (Lipinski definition) is 3. The molecule has 28 heavy (non-hydrogen) atoms. The maximum Gasteiger partial charge on any atom is 0.435 e. The van der Waals surface area contributed by atoms with Crippen molar-refractivity contribution in [2.24, 2.45) is 0 Å². The molecule has 0 atom stereocenters. The Morgan fingerprint density at radius 1 is 1.18 bits per heavy atom. The Labute approximate surface area is 162 Å². The molecule has 0 radical (unpaired) electrons. The molecule has 0 saturated heterocycles. The monoisotopic (exact) mass is 413 g/mol. The van der Waals surface area contributed by atoms with Crippen LogP contribution in [0.5, 0.6) is 0 Å². The lowest BCUT2D eigenvalue weighted by Gasteiger charge is -2.14. The van der Waals surface area contributed by atoms with Crippen LogP contribution >= 0.6 is 0 Å². The predicted octanol–water partition coefficient (Wildman–Crippen LogP) is 3.68. The topological polar surface area (TPSA) is 64.0 Å². The van der Waals surface area contributed by atoms with Crippen LogP contribution in [0.25, 0.3) is 6.08 Å². The Hall–Kier alpha value is -2.13. The molecule has 9 heteroatoms. The van der Waals surface area contributed by atoms with Crippen LogP contribution in [0, 0.1) is 6.92 Å². The number of fused-ring (bicyclic) bond motifs is 1. The standard InChI is InChI=1S/C19H22F3N3O2S/c1-14-6-8-15(9-7-14)10-13-28(26,27)23-11-12-25-17-5-3-2-4-16(17)18(24-25)19(20,21)22/h6-10,13,23H,2-5,11-12H2,1H3/b13-10+. The summed E-state index contributed by atoms with van der Waals surface area (Å²) in [4.78, 5) is 0. The summed E-state index contributed by atoms with van der Waals surface area (Å²) in [7, 11) is -3.70. The summed E-state index contributed by atoms with van der Waals surface area (Å²) in [6.45, 7) is 1.95. The second-order valence-electron chi connectivity index (χ2n) is 6.85. The van der Waals surface area contributed by atoms with Gasteiger partial charge in [0.1, 0.15) is 0 Å². The number of halogens is 3. The first kappa shape index (κ1) is 20.6. The molecule has 0 amide bonds. The average Bonchev–Trinajstić information content (AvgIpc) is 3.01. The van der Waals surface area contributed by atoms with E-state index in [0.29, 0.717) is 25.0 Å². The minimum atomic E-state index is -4.50. The molecule has 0 bridgehead atoms. The third-order valence-corrected chi connectivity index (χ3v) is 5.77. The van der Waals surface area contributed by atoms with E-state index in [2.05, 4.69) is 9.82 Å². The molecule has 1 aliphatic carbocycles. The summed E-state index contributed by atoms with van der Waals surface area (Å²) in [5, 5.41) is 4.78. The van der Waals surface area contributed by atoms with Crippen molar-refractivity contribution in [3.63, 3.8) is 0 Å². The predicted molar refractivity (Wildman–Crippen MR) is 101 cm³/mol. The van der Waals surface area contributed by atoms with Crippen molar-refractivity contribution in [1.29, 1.82) is 0 Å². The SMILES string of the molecule is Cc1ccc(/C=C/S(=O)(=O)NCCn2nc(C(F)(F)F)c3c2CCCC3)cc1. The number of rotatable bonds is 6.